The van der Waals surface area contributed by atoms with Crippen LogP contribution in [0.1, 0.15) is 28.9 Å². The summed E-state index contributed by atoms with van der Waals surface area (Å²) in [5.74, 6) is -0.592. The molecule has 7 nitrogen and oxygen atoms in total. The highest BCUT2D eigenvalue weighted by molar-refractivity contribution is 5.84. The van der Waals surface area contributed by atoms with E-state index in [1.165, 1.54) is 6.07 Å². The lowest BCUT2D eigenvalue weighted by atomic mass is 10.2. The largest absolute Gasteiger partial charge is 0.475 e. The van der Waals surface area contributed by atoms with Crippen LogP contribution in [0.4, 0.5) is 0 Å². The third-order valence-electron chi connectivity index (χ3n) is 3.51. The second-order valence-corrected chi connectivity index (χ2v) is 4.93. The highest BCUT2D eigenvalue weighted by Crippen LogP contribution is 2.21. The molecule has 0 aliphatic heterocycles. The first-order valence-electron chi connectivity index (χ1n) is 6.96. The molecule has 0 bridgehead atoms. The molecule has 0 aliphatic rings. The van der Waals surface area contributed by atoms with E-state index in [4.69, 9.17) is 9.52 Å². The van der Waals surface area contributed by atoms with Gasteiger partial charge in [0, 0.05) is 24.0 Å². The lowest BCUT2D eigenvalue weighted by Crippen LogP contribution is -2.00. The number of nitrogens with zero attached hydrogens (tertiary/aromatic N) is 4. The molecule has 0 amide bonds. The van der Waals surface area contributed by atoms with E-state index in [-0.39, 0.29) is 5.76 Å². The summed E-state index contributed by atoms with van der Waals surface area (Å²) in [4.78, 5) is 10.8. The summed E-state index contributed by atoms with van der Waals surface area (Å²) in [5.41, 5.74) is 2.90. The van der Waals surface area contributed by atoms with Gasteiger partial charge in [-0.3, -0.25) is 9.36 Å². The van der Waals surface area contributed by atoms with Gasteiger partial charge in [0.1, 0.15) is 5.76 Å². The van der Waals surface area contributed by atoms with E-state index >= 15 is 0 Å². The number of aromatic carboxylic acids is 1. The van der Waals surface area contributed by atoms with Crippen molar-refractivity contribution >= 4 is 5.97 Å². The van der Waals surface area contributed by atoms with Crippen molar-refractivity contribution in [2.75, 3.05) is 0 Å². The first kappa shape index (κ1) is 14.1. The predicted molar refractivity (Wildman–Crippen MR) is 78.6 cm³/mol. The van der Waals surface area contributed by atoms with Gasteiger partial charge in [-0.25, -0.2) is 4.79 Å². The maximum absolute atomic E-state index is 10.8. The van der Waals surface area contributed by atoms with Gasteiger partial charge in [0.2, 0.25) is 5.76 Å². The monoisotopic (exact) mass is 300 g/mol. The lowest BCUT2D eigenvalue weighted by molar-refractivity contribution is 0.0660. The van der Waals surface area contributed by atoms with Gasteiger partial charge in [-0.1, -0.05) is 0 Å². The molecule has 0 aromatic carbocycles. The summed E-state index contributed by atoms with van der Waals surface area (Å²) in [7, 11) is 0. The summed E-state index contributed by atoms with van der Waals surface area (Å²) in [6.07, 6.45) is 3.64. The third-order valence-corrected chi connectivity index (χ3v) is 3.51. The minimum absolute atomic E-state index is 0.0672. The maximum Gasteiger partial charge on any atom is 0.371 e. The Morgan fingerprint density at radius 3 is 2.82 bits per heavy atom. The zero-order valence-corrected chi connectivity index (χ0v) is 12.4. The molecule has 1 N–H and O–H groups in total. The molecule has 0 saturated heterocycles. The van der Waals surface area contributed by atoms with Gasteiger partial charge in [0.15, 0.2) is 0 Å². The number of carboxylic acid groups (broad SMARTS) is 1. The molecule has 3 heterocycles. The molecule has 0 radical (unpaired) electrons. The number of aromatic nitrogens is 4. The molecular formula is C15H16N4O3. The van der Waals surface area contributed by atoms with Crippen LogP contribution in [0.3, 0.4) is 0 Å². The van der Waals surface area contributed by atoms with Gasteiger partial charge in [0.25, 0.3) is 0 Å². The van der Waals surface area contributed by atoms with Crippen LogP contribution in [0.25, 0.3) is 11.3 Å². The molecule has 0 aliphatic carbocycles. The number of hydrogen-bond donors (Lipinski definition) is 1. The van der Waals surface area contributed by atoms with Gasteiger partial charge >= 0.3 is 5.97 Å². The molecule has 3 rings (SSSR count). The Hall–Kier alpha value is -2.83. The van der Waals surface area contributed by atoms with Gasteiger partial charge in [-0.2, -0.15) is 10.2 Å². The normalized spacial score (nSPS) is 11.0. The quantitative estimate of drug-likeness (QED) is 0.782. The lowest BCUT2D eigenvalue weighted by Gasteiger charge is -2.00. The van der Waals surface area contributed by atoms with E-state index < -0.39 is 5.97 Å². The first-order chi connectivity index (χ1) is 10.6. The number of aryl methyl sites for hydroxylation is 1. The van der Waals surface area contributed by atoms with Crippen molar-refractivity contribution in [3.8, 4) is 11.3 Å². The van der Waals surface area contributed by atoms with Crippen molar-refractivity contribution in [1.29, 1.82) is 0 Å². The van der Waals surface area contributed by atoms with Crippen LogP contribution in [0, 0.1) is 6.92 Å². The van der Waals surface area contributed by atoms with E-state index in [9.17, 15) is 4.79 Å². The number of carbonyl (C=O) groups is 1. The Morgan fingerprint density at radius 1 is 1.36 bits per heavy atom. The molecule has 0 fully saturated rings. The molecule has 3 aromatic heterocycles. The minimum Gasteiger partial charge on any atom is -0.475 e. The number of hydrogen-bond acceptors (Lipinski definition) is 4. The second-order valence-electron chi connectivity index (χ2n) is 4.93. The number of furan rings is 1. The molecule has 7 heteroatoms. The zero-order chi connectivity index (χ0) is 15.7. The van der Waals surface area contributed by atoms with E-state index in [2.05, 4.69) is 10.2 Å². The molecule has 0 atom stereocenters. The fraction of sp³-hybridized carbons (Fsp3) is 0.267. The van der Waals surface area contributed by atoms with Gasteiger partial charge in [0.05, 0.1) is 18.4 Å². The van der Waals surface area contributed by atoms with E-state index in [0.29, 0.717) is 12.3 Å². The van der Waals surface area contributed by atoms with Crippen molar-refractivity contribution in [3.05, 3.63) is 47.8 Å². The van der Waals surface area contributed by atoms with Crippen LogP contribution >= 0.6 is 0 Å². The fourth-order valence-corrected chi connectivity index (χ4v) is 2.35. The highest BCUT2D eigenvalue weighted by atomic mass is 16.4. The Labute approximate surface area is 126 Å². The first-order valence-corrected chi connectivity index (χ1v) is 6.96. The van der Waals surface area contributed by atoms with E-state index in [1.54, 1.807) is 16.9 Å². The van der Waals surface area contributed by atoms with Crippen LogP contribution < -0.4 is 0 Å². The Balaban J connectivity index is 1.81. The fourth-order valence-electron chi connectivity index (χ4n) is 2.35. The Kier molecular flexibility index (Phi) is 3.54. The number of carboxylic acids is 1. The van der Waals surface area contributed by atoms with Crippen LogP contribution in [0.15, 0.2) is 35.0 Å². The smallest absolute Gasteiger partial charge is 0.371 e. The van der Waals surface area contributed by atoms with Crippen molar-refractivity contribution in [1.82, 2.24) is 19.6 Å². The van der Waals surface area contributed by atoms with E-state index in [0.717, 1.165) is 23.5 Å². The molecule has 0 saturated carbocycles. The zero-order valence-electron chi connectivity index (χ0n) is 12.4. The summed E-state index contributed by atoms with van der Waals surface area (Å²) in [6.45, 7) is 5.25. The number of rotatable bonds is 5. The standard InChI is InChI=1S/C15H16N4O3/c1-3-19-10(2)12(8-16-19)13-6-7-18(17-13)9-11-4-5-14(22-11)15(20)21/h4-8H,3,9H2,1-2H3,(H,20,21). The SMILES string of the molecule is CCn1ncc(-c2ccn(Cc3ccc(C(=O)O)o3)n2)c1C. The van der Waals surface area contributed by atoms with Crippen molar-refractivity contribution in [2.24, 2.45) is 0 Å². The summed E-state index contributed by atoms with van der Waals surface area (Å²) in [5, 5.41) is 17.7. The molecular weight excluding hydrogens is 284 g/mol. The van der Waals surface area contributed by atoms with Crippen LogP contribution in [-0.4, -0.2) is 30.6 Å². The molecule has 3 aromatic rings. The van der Waals surface area contributed by atoms with Crippen molar-refractivity contribution < 1.29 is 14.3 Å². The Morgan fingerprint density at radius 2 is 2.18 bits per heavy atom. The summed E-state index contributed by atoms with van der Waals surface area (Å²) >= 11 is 0. The van der Waals surface area contributed by atoms with Crippen LogP contribution in [-0.2, 0) is 13.1 Å². The Bertz CT molecular complexity index is 812. The third kappa shape index (κ3) is 2.52. The molecule has 0 unspecified atom stereocenters. The van der Waals surface area contributed by atoms with Gasteiger partial charge in [-0.05, 0) is 32.0 Å². The van der Waals surface area contributed by atoms with Gasteiger partial charge in [-0.15, -0.1) is 0 Å². The van der Waals surface area contributed by atoms with E-state index in [1.807, 2.05) is 30.8 Å². The average molecular weight is 300 g/mol. The van der Waals surface area contributed by atoms with Gasteiger partial charge < -0.3 is 9.52 Å². The van der Waals surface area contributed by atoms with Crippen LogP contribution in [0.2, 0.25) is 0 Å². The van der Waals surface area contributed by atoms with Crippen molar-refractivity contribution in [3.63, 3.8) is 0 Å². The second kappa shape index (κ2) is 5.51. The predicted octanol–water partition coefficient (Wildman–Crippen LogP) is 2.41. The minimum atomic E-state index is -1.07. The molecule has 0 spiro atoms. The summed E-state index contributed by atoms with van der Waals surface area (Å²) < 4.78 is 8.86. The maximum atomic E-state index is 10.8. The van der Waals surface area contributed by atoms with Crippen LogP contribution in [0.5, 0.6) is 0 Å². The topological polar surface area (TPSA) is 86.1 Å². The van der Waals surface area contributed by atoms with Crippen molar-refractivity contribution in [2.45, 2.75) is 26.9 Å². The molecule has 22 heavy (non-hydrogen) atoms. The molecule has 114 valence electrons. The average Bonchev–Trinajstić information content (AvgIpc) is 3.19. The highest BCUT2D eigenvalue weighted by Gasteiger charge is 2.12. The summed E-state index contributed by atoms with van der Waals surface area (Å²) in [6, 6.07) is 4.99.